The minimum atomic E-state index is -1.16. The fraction of sp³-hybridized carbons (Fsp3) is 0.909. The van der Waals surface area contributed by atoms with Crippen molar-refractivity contribution in [2.45, 2.75) is 46.1 Å². The summed E-state index contributed by atoms with van der Waals surface area (Å²) in [6.07, 6.45) is 1.16. The molecular formula is C11H22O4. The molecule has 0 radical (unpaired) electrons. The molecule has 0 aliphatic rings. The van der Waals surface area contributed by atoms with E-state index in [4.69, 9.17) is 14.9 Å². The van der Waals surface area contributed by atoms with Crippen LogP contribution in [0.1, 0.15) is 40.5 Å². The molecule has 0 amide bonds. The Hall–Kier alpha value is -0.610. The highest BCUT2D eigenvalue weighted by molar-refractivity contribution is 5.74. The smallest absolute Gasteiger partial charge is 0.314 e. The minimum Gasteiger partial charge on any atom is -0.481 e. The van der Waals surface area contributed by atoms with E-state index in [0.717, 1.165) is 6.42 Å². The van der Waals surface area contributed by atoms with Crippen LogP contribution in [0.4, 0.5) is 0 Å². The summed E-state index contributed by atoms with van der Waals surface area (Å²) >= 11 is 0. The SMILES string of the molecule is CCC(C)(C)OCC(CC)(CO)C(=O)O. The second-order valence-electron chi connectivity index (χ2n) is 4.50. The first kappa shape index (κ1) is 14.4. The van der Waals surface area contributed by atoms with Crippen molar-refractivity contribution in [2.75, 3.05) is 13.2 Å². The van der Waals surface area contributed by atoms with Crippen molar-refractivity contribution in [1.82, 2.24) is 0 Å². The first-order valence-corrected chi connectivity index (χ1v) is 5.32. The molecule has 15 heavy (non-hydrogen) atoms. The number of ether oxygens (including phenoxy) is 1. The fourth-order valence-corrected chi connectivity index (χ4v) is 0.976. The summed E-state index contributed by atoms with van der Waals surface area (Å²) in [5.41, 5.74) is -1.50. The predicted molar refractivity (Wildman–Crippen MR) is 57.8 cm³/mol. The number of rotatable bonds is 7. The zero-order chi connectivity index (χ0) is 12.1. The number of aliphatic hydroxyl groups excluding tert-OH is 1. The Balaban J connectivity index is 4.50. The molecule has 0 aromatic heterocycles. The Morgan fingerprint density at radius 3 is 2.07 bits per heavy atom. The largest absolute Gasteiger partial charge is 0.481 e. The van der Waals surface area contributed by atoms with Gasteiger partial charge in [-0.25, -0.2) is 0 Å². The van der Waals surface area contributed by atoms with Gasteiger partial charge in [0.2, 0.25) is 0 Å². The van der Waals surface area contributed by atoms with Gasteiger partial charge in [0.05, 0.1) is 18.8 Å². The number of aliphatic carboxylic acids is 1. The number of carboxylic acids is 1. The molecule has 1 atom stereocenters. The molecule has 4 nitrogen and oxygen atoms in total. The van der Waals surface area contributed by atoms with E-state index in [2.05, 4.69) is 0 Å². The van der Waals surface area contributed by atoms with Crippen LogP contribution in [-0.2, 0) is 9.53 Å². The quantitative estimate of drug-likeness (QED) is 0.682. The van der Waals surface area contributed by atoms with E-state index in [0.29, 0.717) is 6.42 Å². The molecule has 1 unspecified atom stereocenters. The maximum atomic E-state index is 11.0. The van der Waals surface area contributed by atoms with Crippen molar-refractivity contribution in [3.63, 3.8) is 0 Å². The molecule has 0 rings (SSSR count). The van der Waals surface area contributed by atoms with Crippen LogP contribution in [0.25, 0.3) is 0 Å². The average Bonchev–Trinajstić information content (AvgIpc) is 2.20. The molecule has 0 saturated heterocycles. The van der Waals surface area contributed by atoms with Gasteiger partial charge < -0.3 is 14.9 Å². The Morgan fingerprint density at radius 1 is 1.27 bits per heavy atom. The van der Waals surface area contributed by atoms with Crippen LogP contribution in [0.2, 0.25) is 0 Å². The van der Waals surface area contributed by atoms with E-state index in [1.807, 2.05) is 20.8 Å². The molecule has 0 heterocycles. The number of carbonyl (C=O) groups is 1. The molecule has 0 fully saturated rings. The standard InChI is InChI=1S/C11H22O4/c1-5-10(3,4)15-8-11(6-2,7-12)9(13)14/h12H,5-8H2,1-4H3,(H,13,14). The van der Waals surface area contributed by atoms with E-state index in [9.17, 15) is 4.79 Å². The Labute approximate surface area is 91.3 Å². The Kier molecular flexibility index (Phi) is 5.24. The van der Waals surface area contributed by atoms with Gasteiger partial charge >= 0.3 is 5.97 Å². The Bertz CT molecular complexity index is 207. The molecule has 2 N–H and O–H groups in total. The van der Waals surface area contributed by atoms with Crippen LogP contribution in [0, 0.1) is 5.41 Å². The van der Waals surface area contributed by atoms with E-state index in [1.165, 1.54) is 0 Å². The van der Waals surface area contributed by atoms with Gasteiger partial charge in [0, 0.05) is 0 Å². The highest BCUT2D eigenvalue weighted by atomic mass is 16.5. The highest BCUT2D eigenvalue weighted by Crippen LogP contribution is 2.25. The van der Waals surface area contributed by atoms with Crippen molar-refractivity contribution >= 4 is 5.97 Å². The molecule has 0 saturated carbocycles. The molecule has 0 aliphatic carbocycles. The monoisotopic (exact) mass is 218 g/mol. The van der Waals surface area contributed by atoms with Crippen LogP contribution in [0.15, 0.2) is 0 Å². The van der Waals surface area contributed by atoms with Crippen molar-refractivity contribution in [3.05, 3.63) is 0 Å². The maximum Gasteiger partial charge on any atom is 0.314 e. The molecule has 0 spiro atoms. The normalized spacial score (nSPS) is 16.1. The van der Waals surface area contributed by atoms with Gasteiger partial charge in [-0.3, -0.25) is 4.79 Å². The summed E-state index contributed by atoms with van der Waals surface area (Å²) in [6, 6.07) is 0. The summed E-state index contributed by atoms with van der Waals surface area (Å²) in [5.74, 6) is -1.00. The second kappa shape index (κ2) is 5.47. The minimum absolute atomic E-state index is 0.0518. The maximum absolute atomic E-state index is 11.0. The van der Waals surface area contributed by atoms with Gasteiger partial charge in [-0.05, 0) is 26.7 Å². The first-order chi connectivity index (χ1) is 6.83. The van der Waals surface area contributed by atoms with E-state index < -0.39 is 18.0 Å². The van der Waals surface area contributed by atoms with Gasteiger partial charge in [-0.1, -0.05) is 13.8 Å². The average molecular weight is 218 g/mol. The van der Waals surface area contributed by atoms with Gasteiger partial charge in [-0.15, -0.1) is 0 Å². The first-order valence-electron chi connectivity index (χ1n) is 5.32. The molecule has 0 aliphatic heterocycles. The second-order valence-corrected chi connectivity index (χ2v) is 4.50. The van der Waals surface area contributed by atoms with Crippen molar-refractivity contribution in [1.29, 1.82) is 0 Å². The number of hydrogen-bond donors (Lipinski definition) is 2. The van der Waals surface area contributed by atoms with Crippen molar-refractivity contribution in [3.8, 4) is 0 Å². The van der Waals surface area contributed by atoms with Crippen LogP contribution in [0.3, 0.4) is 0 Å². The van der Waals surface area contributed by atoms with Crippen LogP contribution in [-0.4, -0.2) is 35.0 Å². The fourth-order valence-electron chi connectivity index (χ4n) is 0.976. The summed E-state index contributed by atoms with van der Waals surface area (Å²) in [7, 11) is 0. The lowest BCUT2D eigenvalue weighted by Gasteiger charge is -2.31. The molecule has 0 aromatic carbocycles. The molecule has 4 heteroatoms. The van der Waals surface area contributed by atoms with E-state index >= 15 is 0 Å². The zero-order valence-corrected chi connectivity index (χ0v) is 10.0. The topological polar surface area (TPSA) is 66.8 Å². The Morgan fingerprint density at radius 2 is 1.80 bits per heavy atom. The summed E-state index contributed by atoms with van der Waals surface area (Å²) < 4.78 is 5.55. The molecule has 0 bridgehead atoms. The number of hydrogen-bond acceptors (Lipinski definition) is 3. The predicted octanol–water partition coefficient (Wildman–Crippen LogP) is 1.66. The lowest BCUT2D eigenvalue weighted by molar-refractivity contribution is -0.162. The van der Waals surface area contributed by atoms with Gasteiger partial charge in [-0.2, -0.15) is 0 Å². The molecular weight excluding hydrogens is 196 g/mol. The summed E-state index contributed by atoms with van der Waals surface area (Å²) in [4.78, 5) is 11.0. The molecule has 90 valence electrons. The van der Waals surface area contributed by atoms with Crippen molar-refractivity contribution < 1.29 is 19.7 Å². The number of carboxylic acid groups (broad SMARTS) is 1. The highest BCUT2D eigenvalue weighted by Gasteiger charge is 2.38. The summed E-state index contributed by atoms with van der Waals surface area (Å²) in [6.45, 7) is 7.20. The van der Waals surface area contributed by atoms with E-state index in [1.54, 1.807) is 6.92 Å². The number of aliphatic hydroxyl groups is 1. The molecule has 0 aromatic rings. The van der Waals surface area contributed by atoms with Crippen molar-refractivity contribution in [2.24, 2.45) is 5.41 Å². The van der Waals surface area contributed by atoms with Gasteiger partial charge in [0.1, 0.15) is 5.41 Å². The third kappa shape index (κ3) is 3.80. The third-order valence-corrected chi connectivity index (χ3v) is 3.02. The van der Waals surface area contributed by atoms with Gasteiger partial charge in [0.15, 0.2) is 0 Å². The lowest BCUT2D eigenvalue weighted by atomic mass is 9.87. The van der Waals surface area contributed by atoms with Crippen LogP contribution >= 0.6 is 0 Å². The van der Waals surface area contributed by atoms with Gasteiger partial charge in [0.25, 0.3) is 0 Å². The lowest BCUT2D eigenvalue weighted by Crippen LogP contribution is -2.41. The zero-order valence-electron chi connectivity index (χ0n) is 10.0. The van der Waals surface area contributed by atoms with E-state index in [-0.39, 0.29) is 12.2 Å². The van der Waals surface area contributed by atoms with Crippen LogP contribution < -0.4 is 0 Å². The summed E-state index contributed by atoms with van der Waals surface area (Å²) in [5, 5.41) is 18.2. The van der Waals surface area contributed by atoms with Crippen LogP contribution in [0.5, 0.6) is 0 Å². The third-order valence-electron chi connectivity index (χ3n) is 3.02.